The number of pyridine rings is 2. The van der Waals surface area contributed by atoms with Crippen molar-refractivity contribution in [3.63, 3.8) is 0 Å². The number of alkyl halides is 3. The van der Waals surface area contributed by atoms with E-state index in [1.165, 1.54) is 7.11 Å². The van der Waals surface area contributed by atoms with Gasteiger partial charge in [0.2, 0.25) is 11.8 Å². The fraction of sp³-hybridized carbons (Fsp3) is 0.378. The van der Waals surface area contributed by atoms with Crippen LogP contribution in [0.4, 0.5) is 19.0 Å². The summed E-state index contributed by atoms with van der Waals surface area (Å²) in [6.07, 6.45) is -2.26. The quantitative estimate of drug-likeness (QED) is 0.100. The van der Waals surface area contributed by atoms with Crippen molar-refractivity contribution in [3.8, 4) is 34.1 Å². The Balaban J connectivity index is 1.26. The Labute approximate surface area is 298 Å². The first kappa shape index (κ1) is 36.4. The molecule has 1 atom stereocenters. The van der Waals surface area contributed by atoms with Gasteiger partial charge in [0.05, 0.1) is 48.7 Å². The number of halogens is 4. The second-order valence-corrected chi connectivity index (χ2v) is 13.5. The van der Waals surface area contributed by atoms with Gasteiger partial charge in [-0.3, -0.25) is 4.79 Å². The van der Waals surface area contributed by atoms with E-state index in [1.54, 1.807) is 7.11 Å². The van der Waals surface area contributed by atoms with Gasteiger partial charge in [-0.05, 0) is 61.4 Å². The number of aromatic nitrogens is 2. The smallest absolute Gasteiger partial charge is 0.419 e. The number of rotatable bonds is 13. The molecule has 270 valence electrons. The number of carboxylic acids is 1. The average Bonchev–Trinajstić information content (AvgIpc) is 3.49. The molecule has 0 amide bonds. The molecule has 51 heavy (non-hydrogen) atoms. The minimum atomic E-state index is -4.73. The Kier molecular flexibility index (Phi) is 10.5. The van der Waals surface area contributed by atoms with E-state index in [4.69, 9.17) is 31.2 Å². The summed E-state index contributed by atoms with van der Waals surface area (Å²) in [6.45, 7) is 1.77. The lowest BCUT2D eigenvalue weighted by molar-refractivity contribution is -0.137. The van der Waals surface area contributed by atoms with Crippen molar-refractivity contribution in [3.05, 3.63) is 87.4 Å². The van der Waals surface area contributed by atoms with E-state index in [0.717, 1.165) is 33.9 Å². The van der Waals surface area contributed by atoms with Crippen LogP contribution in [-0.2, 0) is 30.5 Å². The molecule has 0 spiro atoms. The maximum atomic E-state index is 14.3. The zero-order valence-corrected chi connectivity index (χ0v) is 29.1. The first-order valence-electron chi connectivity index (χ1n) is 16.5. The number of hydrogen-bond acceptors (Lipinski definition) is 9. The third-order valence-electron chi connectivity index (χ3n) is 9.38. The number of nitrogens with one attached hydrogen (secondary N) is 3. The lowest BCUT2D eigenvalue weighted by Crippen LogP contribution is -2.51. The van der Waals surface area contributed by atoms with Crippen molar-refractivity contribution < 1.29 is 37.7 Å². The molecule has 4 aromatic rings. The van der Waals surface area contributed by atoms with Crippen molar-refractivity contribution in [2.24, 2.45) is 0 Å². The van der Waals surface area contributed by atoms with Crippen LogP contribution in [-0.4, -0.2) is 58.6 Å². The van der Waals surface area contributed by atoms with Gasteiger partial charge in [-0.1, -0.05) is 54.1 Å². The zero-order valence-electron chi connectivity index (χ0n) is 28.3. The van der Waals surface area contributed by atoms with Crippen LogP contribution in [0.1, 0.15) is 60.0 Å². The number of fused-ring (bicyclic) bond motifs is 1. The van der Waals surface area contributed by atoms with Gasteiger partial charge < -0.3 is 35.6 Å². The molecule has 1 fully saturated rings. The largest absolute Gasteiger partial charge is 0.481 e. The van der Waals surface area contributed by atoms with Crippen LogP contribution in [0.5, 0.6) is 11.8 Å². The number of carboxylic acid groups (broad SMARTS) is 1. The number of ether oxygens (including phenoxy) is 2. The van der Waals surface area contributed by atoms with Crippen molar-refractivity contribution in [1.29, 1.82) is 0 Å². The standard InChI is InChI=1S/C37H39ClF3N5O5/c1-36(49)15-22(16-36)43-18-20-10-12-30(45-34(20)50-2)27-9-5-8-26(32(27)38)23-6-4-7-25-24(23)11-13-29(25)44-33-28(37(39,40)41)14-21(35(46-33)51-3)17-42-19-31(47)48/h4-10,12,14,22,29,42-43,49H,11,13,15-19H2,1-3H3,(H,44,46)(H,47,48)/t22-,29-,36-/m0/s1. The second-order valence-electron chi connectivity index (χ2n) is 13.2. The molecule has 10 nitrogen and oxygen atoms in total. The average molecular weight is 726 g/mol. The Morgan fingerprint density at radius 3 is 2.35 bits per heavy atom. The maximum Gasteiger partial charge on any atom is 0.419 e. The third-order valence-corrected chi connectivity index (χ3v) is 9.79. The number of carbonyl (C=O) groups is 1. The molecule has 6 rings (SSSR count). The summed E-state index contributed by atoms with van der Waals surface area (Å²) in [5.74, 6) is -1.08. The van der Waals surface area contributed by atoms with E-state index >= 15 is 0 Å². The predicted octanol–water partition coefficient (Wildman–Crippen LogP) is 6.78. The van der Waals surface area contributed by atoms with Crippen LogP contribution >= 0.6 is 11.6 Å². The van der Waals surface area contributed by atoms with E-state index in [2.05, 4.69) is 20.9 Å². The minimum Gasteiger partial charge on any atom is -0.481 e. The van der Waals surface area contributed by atoms with Crippen LogP contribution in [0.3, 0.4) is 0 Å². The van der Waals surface area contributed by atoms with E-state index in [1.807, 2.05) is 55.5 Å². The summed E-state index contributed by atoms with van der Waals surface area (Å²) >= 11 is 7.09. The van der Waals surface area contributed by atoms with Gasteiger partial charge in [-0.25, -0.2) is 4.98 Å². The van der Waals surface area contributed by atoms with Crippen LogP contribution in [0.25, 0.3) is 22.4 Å². The molecule has 2 aromatic carbocycles. The number of aliphatic hydroxyl groups is 1. The first-order chi connectivity index (χ1) is 24.3. The zero-order chi connectivity index (χ0) is 36.5. The highest BCUT2D eigenvalue weighted by atomic mass is 35.5. The lowest BCUT2D eigenvalue weighted by Gasteiger charge is -2.41. The van der Waals surface area contributed by atoms with Gasteiger partial charge >= 0.3 is 12.1 Å². The molecule has 2 aliphatic carbocycles. The molecule has 2 heterocycles. The van der Waals surface area contributed by atoms with Gasteiger partial charge in [0.25, 0.3) is 0 Å². The normalized spacial score (nSPS) is 19.7. The number of benzene rings is 2. The highest BCUT2D eigenvalue weighted by Gasteiger charge is 2.39. The summed E-state index contributed by atoms with van der Waals surface area (Å²) in [5.41, 5.74) is 4.13. The fourth-order valence-electron chi connectivity index (χ4n) is 6.96. The number of nitrogens with zero attached hydrogens (tertiary/aromatic N) is 2. The van der Waals surface area contributed by atoms with Gasteiger partial charge in [0, 0.05) is 41.4 Å². The molecule has 0 unspecified atom stereocenters. The molecule has 0 saturated heterocycles. The van der Waals surface area contributed by atoms with Crippen molar-refractivity contribution in [1.82, 2.24) is 20.6 Å². The van der Waals surface area contributed by atoms with Crippen molar-refractivity contribution in [2.75, 3.05) is 26.1 Å². The molecule has 2 aromatic heterocycles. The fourth-order valence-corrected chi connectivity index (χ4v) is 7.29. The van der Waals surface area contributed by atoms with Crippen LogP contribution < -0.4 is 25.4 Å². The summed E-state index contributed by atoms with van der Waals surface area (Å²) in [4.78, 5) is 19.9. The second kappa shape index (κ2) is 14.7. The number of anilines is 1. The Bertz CT molecular complexity index is 1930. The summed E-state index contributed by atoms with van der Waals surface area (Å²) in [5, 5.41) is 28.5. The van der Waals surface area contributed by atoms with Crippen LogP contribution in [0.2, 0.25) is 5.02 Å². The molecule has 2 aliphatic rings. The minimum absolute atomic E-state index is 0.0406. The van der Waals surface area contributed by atoms with Gasteiger partial charge in [-0.2, -0.15) is 18.2 Å². The lowest BCUT2D eigenvalue weighted by atomic mass is 9.77. The van der Waals surface area contributed by atoms with Crippen molar-refractivity contribution >= 4 is 23.4 Å². The Hall–Kier alpha value is -4.43. The van der Waals surface area contributed by atoms with E-state index in [-0.39, 0.29) is 29.8 Å². The van der Waals surface area contributed by atoms with Gasteiger partial charge in [0.1, 0.15) is 5.82 Å². The molecule has 14 heteroatoms. The van der Waals surface area contributed by atoms with Crippen molar-refractivity contribution in [2.45, 2.75) is 69.6 Å². The molecule has 0 radical (unpaired) electrons. The summed E-state index contributed by atoms with van der Waals surface area (Å²) in [7, 11) is 2.87. The topological polar surface area (TPSA) is 138 Å². The highest BCUT2D eigenvalue weighted by Crippen LogP contribution is 2.45. The number of methoxy groups -OCH3 is 2. The van der Waals surface area contributed by atoms with Crippen LogP contribution in [0.15, 0.2) is 54.6 Å². The Morgan fingerprint density at radius 1 is 0.980 bits per heavy atom. The van der Waals surface area contributed by atoms with Crippen LogP contribution in [0, 0.1) is 0 Å². The van der Waals surface area contributed by atoms with E-state index in [0.29, 0.717) is 54.4 Å². The van der Waals surface area contributed by atoms with Gasteiger partial charge in [0.15, 0.2) is 0 Å². The summed E-state index contributed by atoms with van der Waals surface area (Å²) < 4.78 is 53.8. The SMILES string of the molecule is COc1nc(-c2cccc(-c3cccc4c3CC[C@@H]4Nc3nc(OC)c(CNCC(=O)O)cc3C(F)(F)F)c2Cl)ccc1CN[C@H]1C[C@](C)(O)C1. The highest BCUT2D eigenvalue weighted by molar-refractivity contribution is 6.36. The molecule has 0 bridgehead atoms. The molecular weight excluding hydrogens is 687 g/mol. The summed E-state index contributed by atoms with van der Waals surface area (Å²) in [6, 6.07) is 15.9. The first-order valence-corrected chi connectivity index (χ1v) is 16.9. The van der Waals surface area contributed by atoms with E-state index in [9.17, 15) is 23.1 Å². The monoisotopic (exact) mass is 725 g/mol. The molecular formula is C37H39ClF3N5O5. The third kappa shape index (κ3) is 7.91. The molecule has 5 N–H and O–H groups in total. The molecule has 0 aliphatic heterocycles. The predicted molar refractivity (Wildman–Crippen MR) is 187 cm³/mol. The molecule has 1 saturated carbocycles. The number of hydrogen-bond donors (Lipinski definition) is 5. The van der Waals surface area contributed by atoms with E-state index < -0.39 is 35.9 Å². The Morgan fingerprint density at radius 2 is 1.67 bits per heavy atom. The number of aliphatic carboxylic acids is 1. The maximum absolute atomic E-state index is 14.3. The van der Waals surface area contributed by atoms with Gasteiger partial charge in [-0.15, -0.1) is 0 Å².